The van der Waals surface area contributed by atoms with Crippen LogP contribution in [-0.4, -0.2) is 0 Å². The number of thiophene rings is 2. The highest BCUT2D eigenvalue weighted by molar-refractivity contribution is 7.19. The molecular formula is C50H40S2. The summed E-state index contributed by atoms with van der Waals surface area (Å²) >= 11 is 3.77. The molecule has 2 heterocycles. The van der Waals surface area contributed by atoms with E-state index in [1.165, 1.54) is 102 Å². The largest absolute Gasteiger partial charge is 0.135 e. The van der Waals surface area contributed by atoms with Crippen LogP contribution in [0, 0.1) is 0 Å². The van der Waals surface area contributed by atoms with Gasteiger partial charge in [0, 0.05) is 24.9 Å². The number of hydrogen-bond acceptors (Lipinski definition) is 2. The van der Waals surface area contributed by atoms with Gasteiger partial charge in [-0.05, 0) is 135 Å². The average Bonchev–Trinajstić information content (AvgIpc) is 3.98. The zero-order valence-electron chi connectivity index (χ0n) is 29.3. The molecule has 3 aliphatic carbocycles. The Kier molecular flexibility index (Phi) is 8.04. The Morgan fingerprint density at radius 3 is 1.56 bits per heavy atom. The lowest BCUT2D eigenvalue weighted by Crippen LogP contribution is -2.29. The van der Waals surface area contributed by atoms with Crippen molar-refractivity contribution in [2.45, 2.75) is 50.4 Å². The molecule has 0 unspecified atom stereocenters. The molecule has 7 aromatic rings. The summed E-state index contributed by atoms with van der Waals surface area (Å²) < 4.78 is 0. The number of fused-ring (bicyclic) bond motifs is 4. The number of rotatable bonds is 6. The van der Waals surface area contributed by atoms with Gasteiger partial charge in [0.25, 0.3) is 0 Å². The average molecular weight is 705 g/mol. The van der Waals surface area contributed by atoms with Crippen molar-refractivity contribution in [2.75, 3.05) is 0 Å². The van der Waals surface area contributed by atoms with Crippen molar-refractivity contribution < 1.29 is 0 Å². The van der Waals surface area contributed by atoms with E-state index >= 15 is 0 Å². The van der Waals surface area contributed by atoms with Crippen molar-refractivity contribution in [3.63, 3.8) is 0 Å². The van der Waals surface area contributed by atoms with Crippen LogP contribution < -0.4 is 0 Å². The van der Waals surface area contributed by atoms with Crippen LogP contribution in [0.15, 0.2) is 163 Å². The van der Waals surface area contributed by atoms with E-state index in [1.54, 1.807) is 16.7 Å². The fraction of sp³-hybridized carbons (Fsp3) is 0.160. The van der Waals surface area contributed by atoms with Crippen molar-refractivity contribution in [2.24, 2.45) is 0 Å². The highest BCUT2D eigenvalue weighted by atomic mass is 32.1. The molecule has 0 N–H and O–H groups in total. The van der Waals surface area contributed by atoms with Gasteiger partial charge in [0.05, 0.1) is 0 Å². The highest BCUT2D eigenvalue weighted by Gasteiger charge is 2.45. The lowest BCUT2D eigenvalue weighted by molar-refractivity contribution is 0.350. The first-order valence-corrected chi connectivity index (χ1v) is 20.5. The lowest BCUT2D eigenvalue weighted by Gasteiger charge is -2.38. The fourth-order valence-corrected chi connectivity index (χ4v) is 11.1. The summed E-state index contributed by atoms with van der Waals surface area (Å²) in [6.45, 7) is 0. The first-order chi connectivity index (χ1) is 25.7. The molecule has 10 rings (SSSR count). The molecule has 2 aromatic heterocycles. The first kappa shape index (κ1) is 31.7. The van der Waals surface area contributed by atoms with Gasteiger partial charge in [0.15, 0.2) is 0 Å². The third-order valence-electron chi connectivity index (χ3n) is 11.7. The highest BCUT2D eigenvalue weighted by Crippen LogP contribution is 2.58. The van der Waals surface area contributed by atoms with Crippen molar-refractivity contribution in [1.29, 1.82) is 0 Å². The minimum absolute atomic E-state index is 0.122. The number of benzene rings is 5. The quantitative estimate of drug-likeness (QED) is 0.162. The molecule has 0 radical (unpaired) electrons. The van der Waals surface area contributed by atoms with Crippen LogP contribution in [0.4, 0.5) is 0 Å². The minimum Gasteiger partial charge on any atom is -0.135 e. The van der Waals surface area contributed by atoms with Crippen LogP contribution in [0.2, 0.25) is 0 Å². The van der Waals surface area contributed by atoms with E-state index in [-0.39, 0.29) is 5.41 Å². The Morgan fingerprint density at radius 1 is 0.404 bits per heavy atom. The van der Waals surface area contributed by atoms with Crippen molar-refractivity contribution in [3.8, 4) is 52.9 Å². The van der Waals surface area contributed by atoms with Crippen molar-refractivity contribution in [3.05, 3.63) is 180 Å². The Labute approximate surface area is 315 Å². The topological polar surface area (TPSA) is 0 Å². The predicted molar refractivity (Wildman–Crippen MR) is 225 cm³/mol. The van der Waals surface area contributed by atoms with E-state index in [0.29, 0.717) is 0 Å². The minimum atomic E-state index is 0.122. The molecule has 2 heteroatoms. The maximum Gasteiger partial charge on any atom is 0.0349 e. The summed E-state index contributed by atoms with van der Waals surface area (Å²) in [6, 6.07) is 56.6. The van der Waals surface area contributed by atoms with E-state index < -0.39 is 0 Å². The molecule has 0 aliphatic heterocycles. The SMILES string of the molecule is C1=C(c2cccc(-c3ccc(-c4ccccc4)s3)c2)CCC2=C1C1(CCCCC1)c1cc(-c3cccc(-c4ccc(-c5ccccc5)s4)c3)ccc12. The van der Waals surface area contributed by atoms with E-state index in [9.17, 15) is 0 Å². The maximum atomic E-state index is 2.63. The molecule has 1 fully saturated rings. The Balaban J connectivity index is 0.979. The molecule has 5 aromatic carbocycles. The molecule has 0 nitrogen and oxygen atoms in total. The van der Waals surface area contributed by atoms with Crippen molar-refractivity contribution >= 4 is 33.8 Å². The summed E-state index contributed by atoms with van der Waals surface area (Å²) in [4.78, 5) is 5.30. The molecule has 0 atom stereocenters. The van der Waals surface area contributed by atoms with Crippen LogP contribution in [0.5, 0.6) is 0 Å². The van der Waals surface area contributed by atoms with E-state index in [0.717, 1.165) is 12.8 Å². The van der Waals surface area contributed by atoms with Gasteiger partial charge >= 0.3 is 0 Å². The second kappa shape index (κ2) is 13.2. The summed E-state index contributed by atoms with van der Waals surface area (Å²) in [5, 5.41) is 0. The molecule has 52 heavy (non-hydrogen) atoms. The molecule has 0 amide bonds. The molecule has 1 spiro atoms. The second-order valence-electron chi connectivity index (χ2n) is 14.7. The van der Waals surface area contributed by atoms with Gasteiger partial charge in [-0.3, -0.25) is 0 Å². The molecule has 3 aliphatic rings. The summed E-state index contributed by atoms with van der Waals surface area (Å²) in [7, 11) is 0. The zero-order chi connectivity index (χ0) is 34.5. The number of allylic oxidation sites excluding steroid dienone is 4. The normalized spacial score (nSPS) is 16.1. The van der Waals surface area contributed by atoms with Gasteiger partial charge in [-0.2, -0.15) is 0 Å². The smallest absolute Gasteiger partial charge is 0.0349 e. The third kappa shape index (κ3) is 5.57. The van der Waals surface area contributed by atoms with Gasteiger partial charge in [-0.25, -0.2) is 0 Å². The van der Waals surface area contributed by atoms with Gasteiger partial charge in [0.2, 0.25) is 0 Å². The number of hydrogen-bond donors (Lipinski definition) is 0. The van der Waals surface area contributed by atoms with Crippen LogP contribution in [0.3, 0.4) is 0 Å². The molecule has 0 saturated heterocycles. The summed E-state index contributed by atoms with van der Waals surface area (Å²) in [5.41, 5.74) is 17.2. The predicted octanol–water partition coefficient (Wildman–Crippen LogP) is 15.0. The van der Waals surface area contributed by atoms with Crippen LogP contribution in [-0.2, 0) is 5.41 Å². The van der Waals surface area contributed by atoms with Crippen LogP contribution in [0.25, 0.3) is 64.0 Å². The molecule has 1 saturated carbocycles. The van der Waals surface area contributed by atoms with Crippen LogP contribution in [0.1, 0.15) is 61.6 Å². The van der Waals surface area contributed by atoms with Gasteiger partial charge in [0.1, 0.15) is 0 Å². The lowest BCUT2D eigenvalue weighted by atomic mass is 9.65. The van der Waals surface area contributed by atoms with Gasteiger partial charge in [-0.1, -0.05) is 135 Å². The monoisotopic (exact) mass is 704 g/mol. The van der Waals surface area contributed by atoms with Crippen molar-refractivity contribution in [1.82, 2.24) is 0 Å². The zero-order valence-corrected chi connectivity index (χ0v) is 30.9. The standard InChI is InChI=1S/C50H40S2/c1-4-12-34(13-5-1)46-24-26-48(51-46)40-18-10-16-36(30-40)38-20-22-42-43-23-21-39(33-45(43)50(44(42)32-38)28-8-3-9-29-50)37-17-11-19-41(31-37)49-27-25-47(52-49)35-14-6-2-7-15-35/h1-2,4-7,10-20,22,24-27,30-33H,3,8-9,21,23,28-29H2. The van der Waals surface area contributed by atoms with Gasteiger partial charge < -0.3 is 0 Å². The fourth-order valence-electron chi connectivity index (χ4n) is 9.11. The third-order valence-corrected chi connectivity index (χ3v) is 14.1. The van der Waals surface area contributed by atoms with Gasteiger partial charge in [-0.15, -0.1) is 22.7 Å². The Morgan fingerprint density at radius 2 is 0.923 bits per heavy atom. The Bertz CT molecular complexity index is 2480. The van der Waals surface area contributed by atoms with Crippen LogP contribution >= 0.6 is 22.7 Å². The summed E-state index contributed by atoms with van der Waals surface area (Å²) in [6.07, 6.45) is 11.3. The van der Waals surface area contributed by atoms with E-state index in [4.69, 9.17) is 0 Å². The first-order valence-electron chi connectivity index (χ1n) is 18.8. The van der Waals surface area contributed by atoms with E-state index in [2.05, 4.69) is 158 Å². The maximum absolute atomic E-state index is 2.63. The summed E-state index contributed by atoms with van der Waals surface area (Å²) in [5.74, 6) is 0. The Hall–Kier alpha value is -5.02. The molecule has 0 bridgehead atoms. The second-order valence-corrected chi connectivity index (χ2v) is 16.9. The molecule has 252 valence electrons. The van der Waals surface area contributed by atoms with E-state index in [1.807, 2.05) is 22.7 Å². The molecular weight excluding hydrogens is 665 g/mol.